The maximum absolute atomic E-state index is 13.1. The number of carbonyl (C=O) groups is 1. The molecule has 0 aliphatic heterocycles. The first kappa shape index (κ1) is 22.5. The average molecular weight is 487 g/mol. The Kier molecular flexibility index (Phi) is 7.58. The van der Waals surface area contributed by atoms with E-state index in [0.717, 1.165) is 11.3 Å². The van der Waals surface area contributed by atoms with E-state index >= 15 is 0 Å². The number of hydrazine groups is 1. The van der Waals surface area contributed by atoms with Gasteiger partial charge in [0.15, 0.2) is 0 Å². The molecular formula is C23H20ClN2O4PS. The van der Waals surface area contributed by atoms with Crippen molar-refractivity contribution in [1.29, 1.82) is 0 Å². The van der Waals surface area contributed by atoms with Gasteiger partial charge >= 0.3 is 0 Å². The summed E-state index contributed by atoms with van der Waals surface area (Å²) in [4.78, 5) is 13.6. The van der Waals surface area contributed by atoms with E-state index in [1.807, 2.05) is 42.5 Å². The summed E-state index contributed by atoms with van der Waals surface area (Å²) in [6.07, 6.45) is 0. The zero-order chi connectivity index (χ0) is 22.3. The van der Waals surface area contributed by atoms with Crippen LogP contribution in [0.2, 0.25) is 4.34 Å². The molecule has 0 fully saturated rings. The Bertz CT molecular complexity index is 1160. The molecule has 0 bridgehead atoms. The highest BCUT2D eigenvalue weighted by molar-refractivity contribution is 7.26. The molecule has 0 radical (unpaired) electrons. The fourth-order valence-electron chi connectivity index (χ4n) is 2.84. The van der Waals surface area contributed by atoms with Crippen molar-refractivity contribution in [1.82, 2.24) is 5.43 Å². The van der Waals surface area contributed by atoms with Gasteiger partial charge in [-0.15, -0.1) is 11.3 Å². The minimum Gasteiger partial charge on any atom is -0.460 e. The van der Waals surface area contributed by atoms with Gasteiger partial charge in [0.25, 0.3) is 5.91 Å². The molecule has 0 spiro atoms. The molecule has 1 unspecified atom stereocenters. The number of amides is 1. The van der Waals surface area contributed by atoms with Gasteiger partial charge in [0.1, 0.15) is 36.1 Å². The van der Waals surface area contributed by atoms with E-state index in [-0.39, 0.29) is 19.2 Å². The lowest BCUT2D eigenvalue weighted by atomic mass is 10.2. The standard InChI is InChI=1S/C23H20ClN2O4PS/c24-21-12-11-20(32-21)23(27)26(25-15-28-14-19-10-13-22(31)30-19)16-6-8-18(9-7-16)29-17-4-2-1-3-5-17/h1-13,25H,14-15,31H2. The molecule has 1 N–H and O–H groups in total. The number of hydrogen-bond acceptors (Lipinski definition) is 6. The second kappa shape index (κ2) is 10.8. The predicted molar refractivity (Wildman–Crippen MR) is 130 cm³/mol. The second-order valence-corrected chi connectivity index (χ2v) is 8.89. The maximum Gasteiger partial charge on any atom is 0.282 e. The number of halogens is 1. The number of furan rings is 1. The van der Waals surface area contributed by atoms with Gasteiger partial charge in [0.05, 0.1) is 14.9 Å². The van der Waals surface area contributed by atoms with Gasteiger partial charge in [-0.1, -0.05) is 39.0 Å². The lowest BCUT2D eigenvalue weighted by molar-refractivity contribution is 0.0796. The molecule has 1 amide bonds. The molecule has 1 atom stereocenters. The topological polar surface area (TPSA) is 63.9 Å². The van der Waals surface area contributed by atoms with E-state index in [1.165, 1.54) is 16.3 Å². The van der Waals surface area contributed by atoms with E-state index in [4.69, 9.17) is 25.5 Å². The van der Waals surface area contributed by atoms with E-state index in [0.29, 0.717) is 26.4 Å². The number of ether oxygens (including phenoxy) is 2. The van der Waals surface area contributed by atoms with E-state index in [1.54, 1.807) is 36.4 Å². The van der Waals surface area contributed by atoms with Crippen LogP contribution in [0, 0.1) is 0 Å². The molecule has 4 aromatic rings. The molecule has 2 aromatic carbocycles. The van der Waals surface area contributed by atoms with E-state index in [9.17, 15) is 4.79 Å². The van der Waals surface area contributed by atoms with Crippen molar-refractivity contribution in [2.24, 2.45) is 0 Å². The molecule has 0 aliphatic carbocycles. The summed E-state index contributed by atoms with van der Waals surface area (Å²) in [6.45, 7) is 0.373. The molecule has 2 heterocycles. The fourth-order valence-corrected chi connectivity index (χ4v) is 4.06. The van der Waals surface area contributed by atoms with Gasteiger partial charge < -0.3 is 13.9 Å². The summed E-state index contributed by atoms with van der Waals surface area (Å²) in [5, 5.41) is 1.43. The first-order chi connectivity index (χ1) is 15.6. The number of anilines is 1. The van der Waals surface area contributed by atoms with Gasteiger partial charge in [-0.3, -0.25) is 4.79 Å². The number of rotatable bonds is 9. The number of benzene rings is 2. The van der Waals surface area contributed by atoms with Crippen LogP contribution in [0.5, 0.6) is 11.5 Å². The van der Waals surface area contributed by atoms with Gasteiger partial charge in [-0.25, -0.2) is 10.4 Å². The Morgan fingerprint density at radius 2 is 1.75 bits per heavy atom. The lowest BCUT2D eigenvalue weighted by Crippen LogP contribution is -2.44. The Balaban J connectivity index is 1.45. The van der Waals surface area contributed by atoms with Crippen LogP contribution in [0.15, 0.2) is 83.3 Å². The van der Waals surface area contributed by atoms with Crippen LogP contribution in [-0.2, 0) is 11.3 Å². The Labute approximate surface area is 196 Å². The molecular weight excluding hydrogens is 467 g/mol. The van der Waals surface area contributed by atoms with Gasteiger partial charge in [0.2, 0.25) is 0 Å². The van der Waals surface area contributed by atoms with Crippen molar-refractivity contribution >= 4 is 49.3 Å². The van der Waals surface area contributed by atoms with Crippen molar-refractivity contribution < 1.29 is 18.7 Å². The third kappa shape index (κ3) is 5.97. The molecule has 0 saturated heterocycles. The third-order valence-corrected chi connectivity index (χ3v) is 5.84. The molecule has 9 heteroatoms. The summed E-state index contributed by atoms with van der Waals surface area (Å²) >= 11 is 7.24. The molecule has 2 aromatic heterocycles. The van der Waals surface area contributed by atoms with Crippen LogP contribution in [0.3, 0.4) is 0 Å². The van der Waals surface area contributed by atoms with Gasteiger partial charge in [-0.05, 0) is 60.7 Å². The minimum absolute atomic E-state index is 0.0972. The normalized spacial score (nSPS) is 10.8. The van der Waals surface area contributed by atoms with Crippen molar-refractivity contribution in [2.75, 3.05) is 11.7 Å². The summed E-state index contributed by atoms with van der Waals surface area (Å²) in [5.41, 5.74) is 4.40. The average Bonchev–Trinajstić information content (AvgIpc) is 3.43. The number of para-hydroxylation sites is 1. The predicted octanol–water partition coefficient (Wildman–Crippen LogP) is 5.61. The van der Waals surface area contributed by atoms with Crippen LogP contribution >= 0.6 is 32.2 Å². The smallest absolute Gasteiger partial charge is 0.282 e. The highest BCUT2D eigenvalue weighted by Crippen LogP contribution is 2.27. The van der Waals surface area contributed by atoms with Crippen molar-refractivity contribution in [3.63, 3.8) is 0 Å². The molecule has 0 saturated carbocycles. The minimum atomic E-state index is -0.243. The van der Waals surface area contributed by atoms with Gasteiger partial charge in [-0.2, -0.15) is 0 Å². The molecule has 0 aliphatic rings. The number of thiophene rings is 1. The molecule has 164 valence electrons. The van der Waals surface area contributed by atoms with Crippen molar-refractivity contribution in [3.8, 4) is 11.5 Å². The van der Waals surface area contributed by atoms with E-state index < -0.39 is 0 Å². The summed E-state index contributed by atoms with van der Waals surface area (Å²) in [6, 6.07) is 23.8. The molecule has 4 rings (SSSR count). The largest absolute Gasteiger partial charge is 0.460 e. The fraction of sp³-hybridized carbons (Fsp3) is 0.0870. The SMILES string of the molecule is O=C(c1ccc(Cl)s1)N(NCOCc1ccc(P)o1)c1ccc(Oc2ccccc2)cc1. The number of nitrogens with zero attached hydrogens (tertiary/aromatic N) is 1. The summed E-state index contributed by atoms with van der Waals surface area (Å²) in [7, 11) is 2.49. The van der Waals surface area contributed by atoms with Crippen molar-refractivity contribution in [3.05, 3.63) is 93.8 Å². The van der Waals surface area contributed by atoms with Crippen LogP contribution in [0.4, 0.5) is 5.69 Å². The number of nitrogens with one attached hydrogen (secondary N) is 1. The quantitative estimate of drug-likeness (QED) is 0.144. The Morgan fingerprint density at radius 1 is 1.00 bits per heavy atom. The Hall–Kier alpha value is -2.67. The lowest BCUT2D eigenvalue weighted by Gasteiger charge is -2.23. The van der Waals surface area contributed by atoms with Crippen molar-refractivity contribution in [2.45, 2.75) is 6.61 Å². The maximum atomic E-state index is 13.1. The van der Waals surface area contributed by atoms with Crippen LogP contribution in [0.1, 0.15) is 15.4 Å². The zero-order valence-corrected chi connectivity index (χ0v) is 19.6. The zero-order valence-electron chi connectivity index (χ0n) is 16.9. The first-order valence-electron chi connectivity index (χ1n) is 9.67. The van der Waals surface area contributed by atoms with Crippen LogP contribution < -0.4 is 20.7 Å². The monoisotopic (exact) mass is 486 g/mol. The second-order valence-electron chi connectivity index (χ2n) is 6.61. The summed E-state index contributed by atoms with van der Waals surface area (Å²) in [5.74, 6) is 1.85. The molecule has 32 heavy (non-hydrogen) atoms. The van der Waals surface area contributed by atoms with Crippen LogP contribution in [0.25, 0.3) is 0 Å². The van der Waals surface area contributed by atoms with Gasteiger partial charge in [0, 0.05) is 0 Å². The third-order valence-electron chi connectivity index (χ3n) is 4.31. The number of carbonyl (C=O) groups excluding carboxylic acids is 1. The Morgan fingerprint density at radius 3 is 2.41 bits per heavy atom. The summed E-state index contributed by atoms with van der Waals surface area (Å²) < 4.78 is 17.5. The molecule has 6 nitrogen and oxygen atoms in total. The first-order valence-corrected chi connectivity index (χ1v) is 11.4. The number of hydrogen-bond donors (Lipinski definition) is 1. The highest BCUT2D eigenvalue weighted by atomic mass is 35.5. The highest BCUT2D eigenvalue weighted by Gasteiger charge is 2.20. The van der Waals surface area contributed by atoms with E-state index in [2.05, 4.69) is 14.7 Å². The van der Waals surface area contributed by atoms with Crippen LogP contribution in [-0.4, -0.2) is 12.6 Å².